The second kappa shape index (κ2) is 8.01. The molecule has 0 aliphatic carbocycles. The van der Waals surface area contributed by atoms with Gasteiger partial charge >= 0.3 is 5.97 Å². The van der Waals surface area contributed by atoms with Gasteiger partial charge in [0, 0.05) is 26.8 Å². The van der Waals surface area contributed by atoms with Crippen molar-refractivity contribution in [3.63, 3.8) is 0 Å². The molecule has 1 aromatic carbocycles. The SMILES string of the molecule is COC(=O)CC(C)S(=O)CC(=O)Nc1cccc(Cl)c1. The van der Waals surface area contributed by atoms with Crippen molar-refractivity contribution >= 4 is 40.0 Å². The highest BCUT2D eigenvalue weighted by Crippen LogP contribution is 2.15. The van der Waals surface area contributed by atoms with Crippen LogP contribution in [0.15, 0.2) is 24.3 Å². The van der Waals surface area contributed by atoms with E-state index in [9.17, 15) is 13.8 Å². The third-order valence-corrected chi connectivity index (χ3v) is 4.36. The lowest BCUT2D eigenvalue weighted by Crippen LogP contribution is -2.26. The number of ether oxygens (including phenoxy) is 1. The van der Waals surface area contributed by atoms with Crippen molar-refractivity contribution in [2.75, 3.05) is 18.2 Å². The van der Waals surface area contributed by atoms with Gasteiger partial charge in [0.05, 0.1) is 13.5 Å². The first-order valence-corrected chi connectivity index (χ1v) is 7.67. The zero-order valence-corrected chi connectivity index (χ0v) is 12.8. The van der Waals surface area contributed by atoms with E-state index in [4.69, 9.17) is 11.6 Å². The van der Waals surface area contributed by atoms with E-state index in [0.29, 0.717) is 10.7 Å². The molecule has 7 heteroatoms. The predicted octanol–water partition coefficient (Wildman–Crippen LogP) is 1.98. The highest BCUT2D eigenvalue weighted by molar-refractivity contribution is 7.86. The molecular formula is C13H16ClNO4S. The maximum Gasteiger partial charge on any atom is 0.306 e. The number of esters is 1. The Hall–Kier alpha value is -1.40. The third kappa shape index (κ3) is 5.71. The highest BCUT2D eigenvalue weighted by atomic mass is 35.5. The van der Waals surface area contributed by atoms with Gasteiger partial charge in [-0.3, -0.25) is 13.8 Å². The molecule has 5 nitrogen and oxygen atoms in total. The number of halogens is 1. The van der Waals surface area contributed by atoms with Gasteiger partial charge < -0.3 is 10.1 Å². The summed E-state index contributed by atoms with van der Waals surface area (Å²) in [5, 5.41) is 2.67. The summed E-state index contributed by atoms with van der Waals surface area (Å²) in [6.45, 7) is 1.64. The second-order valence-electron chi connectivity index (χ2n) is 4.17. The van der Waals surface area contributed by atoms with Gasteiger partial charge in [0.25, 0.3) is 0 Å². The molecule has 1 aromatic rings. The van der Waals surface area contributed by atoms with Crippen LogP contribution in [0.3, 0.4) is 0 Å². The highest BCUT2D eigenvalue weighted by Gasteiger charge is 2.18. The van der Waals surface area contributed by atoms with Crippen LogP contribution in [0, 0.1) is 0 Å². The first-order chi connectivity index (χ1) is 9.42. The number of carbonyl (C=O) groups is 2. The van der Waals surface area contributed by atoms with E-state index in [1.54, 1.807) is 31.2 Å². The Kier molecular flexibility index (Phi) is 6.67. The van der Waals surface area contributed by atoms with Gasteiger partial charge in [-0.25, -0.2) is 0 Å². The summed E-state index contributed by atoms with van der Waals surface area (Å²) >= 11 is 5.80. The number of amides is 1. The lowest BCUT2D eigenvalue weighted by molar-refractivity contribution is -0.140. The summed E-state index contributed by atoms with van der Waals surface area (Å²) < 4.78 is 16.4. The Balaban J connectivity index is 2.49. The van der Waals surface area contributed by atoms with Gasteiger partial charge in [-0.2, -0.15) is 0 Å². The van der Waals surface area contributed by atoms with Crippen molar-refractivity contribution in [3.05, 3.63) is 29.3 Å². The van der Waals surface area contributed by atoms with Crippen LogP contribution in [0.5, 0.6) is 0 Å². The lowest BCUT2D eigenvalue weighted by Gasteiger charge is -2.10. The van der Waals surface area contributed by atoms with Crippen molar-refractivity contribution in [3.8, 4) is 0 Å². The van der Waals surface area contributed by atoms with Crippen LogP contribution in [-0.2, 0) is 25.1 Å². The van der Waals surface area contributed by atoms with E-state index in [-0.39, 0.29) is 18.1 Å². The number of carbonyl (C=O) groups excluding carboxylic acids is 2. The Morgan fingerprint density at radius 3 is 2.75 bits per heavy atom. The normalized spacial score (nSPS) is 13.3. The Morgan fingerprint density at radius 2 is 2.15 bits per heavy atom. The number of methoxy groups -OCH3 is 1. The molecule has 0 saturated carbocycles. The molecule has 0 radical (unpaired) electrons. The molecule has 110 valence electrons. The number of anilines is 1. The molecule has 0 saturated heterocycles. The Morgan fingerprint density at radius 1 is 1.45 bits per heavy atom. The lowest BCUT2D eigenvalue weighted by atomic mass is 10.3. The van der Waals surface area contributed by atoms with Gasteiger partial charge in [0.1, 0.15) is 5.75 Å². The Bertz CT molecular complexity index is 521. The largest absolute Gasteiger partial charge is 0.469 e. The quantitative estimate of drug-likeness (QED) is 0.814. The summed E-state index contributed by atoms with van der Waals surface area (Å²) in [5.74, 6) is -1.01. The Labute approximate surface area is 125 Å². The van der Waals surface area contributed by atoms with Crippen LogP contribution in [0.4, 0.5) is 5.69 Å². The molecular weight excluding hydrogens is 302 g/mol. The average molecular weight is 318 g/mol. The maximum absolute atomic E-state index is 11.9. The molecule has 0 aromatic heterocycles. The van der Waals surface area contributed by atoms with Gasteiger partial charge in [0.15, 0.2) is 0 Å². The minimum atomic E-state index is -1.44. The monoisotopic (exact) mass is 317 g/mol. The van der Waals surface area contributed by atoms with E-state index >= 15 is 0 Å². The number of rotatable bonds is 6. The van der Waals surface area contributed by atoms with Crippen molar-refractivity contribution < 1.29 is 18.5 Å². The molecule has 2 unspecified atom stereocenters. The van der Waals surface area contributed by atoms with Crippen LogP contribution in [0.25, 0.3) is 0 Å². The first kappa shape index (κ1) is 16.7. The van der Waals surface area contributed by atoms with Gasteiger partial charge in [0.2, 0.25) is 5.91 Å². The zero-order chi connectivity index (χ0) is 15.1. The van der Waals surface area contributed by atoms with Crippen LogP contribution in [-0.4, -0.2) is 34.2 Å². The van der Waals surface area contributed by atoms with E-state index < -0.39 is 22.0 Å². The molecule has 0 fully saturated rings. The number of hydrogen-bond acceptors (Lipinski definition) is 4. The topological polar surface area (TPSA) is 72.5 Å². The van der Waals surface area contributed by atoms with Gasteiger partial charge in [-0.15, -0.1) is 0 Å². The molecule has 2 atom stereocenters. The number of hydrogen-bond donors (Lipinski definition) is 1. The van der Waals surface area contributed by atoms with Crippen molar-refractivity contribution in [2.24, 2.45) is 0 Å². The second-order valence-corrected chi connectivity index (χ2v) is 6.47. The standard InChI is InChI=1S/C13H16ClNO4S/c1-9(6-13(17)19-2)20(18)8-12(16)15-11-5-3-4-10(14)7-11/h3-5,7,9H,6,8H2,1-2H3,(H,15,16). The fraction of sp³-hybridized carbons (Fsp3) is 0.385. The summed E-state index contributed by atoms with van der Waals surface area (Å²) in [6.07, 6.45) is 0.0214. The molecule has 1 N–H and O–H groups in total. The van der Waals surface area contributed by atoms with Gasteiger partial charge in [-0.1, -0.05) is 24.6 Å². The smallest absolute Gasteiger partial charge is 0.306 e. The van der Waals surface area contributed by atoms with E-state index in [1.165, 1.54) is 7.11 Å². The molecule has 0 bridgehead atoms. The molecule has 0 aliphatic rings. The minimum Gasteiger partial charge on any atom is -0.469 e. The number of benzene rings is 1. The maximum atomic E-state index is 11.9. The van der Waals surface area contributed by atoms with Crippen LogP contribution >= 0.6 is 11.6 Å². The molecule has 1 rings (SSSR count). The molecule has 20 heavy (non-hydrogen) atoms. The van der Waals surface area contributed by atoms with Crippen LogP contribution < -0.4 is 5.32 Å². The van der Waals surface area contributed by atoms with Crippen LogP contribution in [0.2, 0.25) is 5.02 Å². The molecule has 0 heterocycles. The minimum absolute atomic E-state index is 0.0214. The molecule has 0 aliphatic heterocycles. The summed E-state index contributed by atoms with van der Waals surface area (Å²) in [5.41, 5.74) is 0.542. The summed E-state index contributed by atoms with van der Waals surface area (Å²) in [4.78, 5) is 22.8. The van der Waals surface area contributed by atoms with Crippen molar-refractivity contribution in [1.29, 1.82) is 0 Å². The molecule has 0 spiro atoms. The van der Waals surface area contributed by atoms with Crippen LogP contribution in [0.1, 0.15) is 13.3 Å². The molecule has 1 amide bonds. The zero-order valence-electron chi connectivity index (χ0n) is 11.2. The summed E-state index contributed by atoms with van der Waals surface area (Å²) in [6, 6.07) is 6.67. The average Bonchev–Trinajstić information content (AvgIpc) is 2.38. The first-order valence-electron chi connectivity index (χ1n) is 5.91. The van der Waals surface area contributed by atoms with Gasteiger partial charge in [-0.05, 0) is 18.2 Å². The van der Waals surface area contributed by atoms with E-state index in [1.807, 2.05) is 0 Å². The van der Waals surface area contributed by atoms with E-state index in [2.05, 4.69) is 10.1 Å². The fourth-order valence-corrected chi connectivity index (χ4v) is 2.57. The fourth-order valence-electron chi connectivity index (χ4n) is 1.45. The van der Waals surface area contributed by atoms with E-state index in [0.717, 1.165) is 0 Å². The van der Waals surface area contributed by atoms with Crippen molar-refractivity contribution in [1.82, 2.24) is 0 Å². The predicted molar refractivity (Wildman–Crippen MR) is 79.2 cm³/mol. The number of nitrogens with one attached hydrogen (secondary N) is 1. The van der Waals surface area contributed by atoms with Crippen molar-refractivity contribution in [2.45, 2.75) is 18.6 Å². The summed E-state index contributed by atoms with van der Waals surface area (Å²) in [7, 11) is -0.174. The third-order valence-electron chi connectivity index (χ3n) is 2.51.